The Bertz CT molecular complexity index is 542. The number of carboxylic acids is 1. The van der Waals surface area contributed by atoms with Crippen LogP contribution in [0.2, 0.25) is 0 Å². The molecule has 20 heavy (non-hydrogen) atoms. The van der Waals surface area contributed by atoms with E-state index in [2.05, 4.69) is 0 Å². The van der Waals surface area contributed by atoms with Crippen molar-refractivity contribution in [3.63, 3.8) is 0 Å². The van der Waals surface area contributed by atoms with E-state index in [0.29, 0.717) is 24.6 Å². The van der Waals surface area contributed by atoms with Gasteiger partial charge in [0.25, 0.3) is 0 Å². The molecule has 0 spiro atoms. The van der Waals surface area contributed by atoms with Gasteiger partial charge in [-0.05, 0) is 19.1 Å². The largest absolute Gasteiger partial charge is 0.489 e. The number of carbonyl (C=O) groups excluding carboxylic acids is 1. The summed E-state index contributed by atoms with van der Waals surface area (Å²) in [7, 11) is 3.40. The van der Waals surface area contributed by atoms with Crippen LogP contribution in [0.15, 0.2) is 18.2 Å². The van der Waals surface area contributed by atoms with Crippen molar-refractivity contribution in [2.24, 2.45) is 0 Å². The summed E-state index contributed by atoms with van der Waals surface area (Å²) in [5.74, 6) is -0.724. The van der Waals surface area contributed by atoms with Gasteiger partial charge in [-0.1, -0.05) is 6.07 Å². The molecule has 1 atom stereocenters. The number of hydrogen-bond donors (Lipinski definition) is 1. The lowest BCUT2D eigenvalue weighted by molar-refractivity contribution is -0.129. The molecule has 0 aliphatic carbocycles. The molecule has 1 aromatic rings. The first kappa shape index (κ1) is 14.2. The molecule has 1 amide bonds. The van der Waals surface area contributed by atoms with Crippen molar-refractivity contribution >= 4 is 17.6 Å². The zero-order chi connectivity index (χ0) is 14.9. The number of nitrogens with zero attached hydrogens (tertiary/aromatic N) is 2. The molecule has 2 rings (SSSR count). The first-order valence-corrected chi connectivity index (χ1v) is 6.40. The topological polar surface area (TPSA) is 70.1 Å². The van der Waals surface area contributed by atoms with Crippen LogP contribution in [0.3, 0.4) is 0 Å². The highest BCUT2D eigenvalue weighted by Crippen LogP contribution is 2.36. The molecule has 6 heteroatoms. The average molecular weight is 278 g/mol. The minimum atomic E-state index is -1.03. The highest BCUT2D eigenvalue weighted by Gasteiger charge is 2.30. The van der Waals surface area contributed by atoms with Crippen LogP contribution < -0.4 is 9.64 Å². The van der Waals surface area contributed by atoms with Crippen molar-refractivity contribution in [3.05, 3.63) is 23.8 Å². The molecule has 1 N–H and O–H groups in total. The number of likely N-dealkylation sites (N-methyl/N-ethyl adjacent to an activating group) is 1. The number of aromatic carboxylic acids is 1. The Morgan fingerprint density at radius 1 is 1.40 bits per heavy atom. The smallest absolute Gasteiger partial charge is 0.339 e. The Labute approximate surface area is 117 Å². The zero-order valence-corrected chi connectivity index (χ0v) is 11.8. The molecular weight excluding hydrogens is 260 g/mol. The minimum Gasteiger partial charge on any atom is -0.489 e. The van der Waals surface area contributed by atoms with E-state index in [0.717, 1.165) is 0 Å². The fourth-order valence-electron chi connectivity index (χ4n) is 2.35. The van der Waals surface area contributed by atoms with Crippen molar-refractivity contribution in [3.8, 4) is 5.75 Å². The number of fused-ring (bicyclic) bond motifs is 1. The van der Waals surface area contributed by atoms with Crippen molar-refractivity contribution < 1.29 is 19.4 Å². The maximum Gasteiger partial charge on any atom is 0.339 e. The molecule has 1 aromatic carbocycles. The number of carboxylic acid groups (broad SMARTS) is 1. The summed E-state index contributed by atoms with van der Waals surface area (Å²) in [4.78, 5) is 26.7. The number of ether oxygens (including phenoxy) is 1. The lowest BCUT2D eigenvalue weighted by Gasteiger charge is -2.36. The Morgan fingerprint density at radius 2 is 2.10 bits per heavy atom. The maximum atomic E-state index is 12.1. The Hall–Kier alpha value is -2.24. The van der Waals surface area contributed by atoms with Gasteiger partial charge in [-0.3, -0.25) is 4.79 Å². The van der Waals surface area contributed by atoms with Crippen LogP contribution in [0.4, 0.5) is 5.69 Å². The molecule has 0 bridgehead atoms. The standard InChI is InChI=1S/C14H18N2O4/c1-9(13(17)15(2)3)16-7-8-20-12-10(14(18)19)5-4-6-11(12)16/h4-6,9H,7-8H2,1-3H3,(H,18,19). The molecular formula is C14H18N2O4. The second-order valence-corrected chi connectivity index (χ2v) is 4.91. The van der Waals surface area contributed by atoms with Crippen molar-refractivity contribution in [2.45, 2.75) is 13.0 Å². The normalized spacial score (nSPS) is 15.1. The molecule has 0 saturated heterocycles. The van der Waals surface area contributed by atoms with Gasteiger partial charge >= 0.3 is 5.97 Å². The van der Waals surface area contributed by atoms with Gasteiger partial charge in [-0.25, -0.2) is 4.79 Å². The summed E-state index contributed by atoms with van der Waals surface area (Å²) >= 11 is 0. The number of para-hydroxylation sites is 1. The van der Waals surface area contributed by atoms with E-state index in [9.17, 15) is 14.7 Å². The SMILES string of the molecule is CC(C(=O)N(C)C)N1CCOc2c(C(=O)O)cccc21. The van der Waals surface area contributed by atoms with E-state index in [1.165, 1.54) is 11.0 Å². The van der Waals surface area contributed by atoms with Crippen molar-refractivity contribution in [2.75, 3.05) is 32.1 Å². The van der Waals surface area contributed by atoms with E-state index in [1.807, 2.05) is 11.8 Å². The predicted octanol–water partition coefficient (Wildman–Crippen LogP) is 1.06. The molecule has 1 aliphatic rings. The van der Waals surface area contributed by atoms with Crippen LogP contribution in [-0.2, 0) is 4.79 Å². The Morgan fingerprint density at radius 3 is 2.70 bits per heavy atom. The van der Waals surface area contributed by atoms with Crippen LogP contribution >= 0.6 is 0 Å². The van der Waals surface area contributed by atoms with Gasteiger partial charge in [0.05, 0.1) is 12.2 Å². The van der Waals surface area contributed by atoms with Crippen LogP contribution in [0, 0.1) is 0 Å². The van der Waals surface area contributed by atoms with Gasteiger partial charge < -0.3 is 19.6 Å². The fourth-order valence-corrected chi connectivity index (χ4v) is 2.35. The Kier molecular flexibility index (Phi) is 3.83. The second kappa shape index (κ2) is 5.40. The minimum absolute atomic E-state index is 0.0291. The average Bonchev–Trinajstić information content (AvgIpc) is 2.44. The predicted molar refractivity (Wildman–Crippen MR) is 74.4 cm³/mol. The number of anilines is 1. The maximum absolute atomic E-state index is 12.1. The molecule has 0 fully saturated rings. The Balaban J connectivity index is 2.41. The van der Waals surface area contributed by atoms with Crippen molar-refractivity contribution in [1.82, 2.24) is 4.90 Å². The zero-order valence-electron chi connectivity index (χ0n) is 11.8. The van der Waals surface area contributed by atoms with Gasteiger partial charge in [0.1, 0.15) is 18.2 Å². The van der Waals surface area contributed by atoms with E-state index in [1.54, 1.807) is 26.2 Å². The van der Waals surface area contributed by atoms with Gasteiger partial charge in [0, 0.05) is 14.1 Å². The molecule has 108 valence electrons. The third-order valence-corrected chi connectivity index (χ3v) is 3.38. The van der Waals surface area contributed by atoms with Crippen LogP contribution in [0.1, 0.15) is 17.3 Å². The molecule has 0 radical (unpaired) electrons. The highest BCUT2D eigenvalue weighted by atomic mass is 16.5. The van der Waals surface area contributed by atoms with Crippen LogP contribution in [0.5, 0.6) is 5.75 Å². The van der Waals surface area contributed by atoms with E-state index in [4.69, 9.17) is 4.74 Å². The molecule has 0 aromatic heterocycles. The molecule has 1 aliphatic heterocycles. The number of carbonyl (C=O) groups is 2. The molecule has 0 saturated carbocycles. The summed E-state index contributed by atoms with van der Waals surface area (Å²) in [6.45, 7) is 2.73. The van der Waals surface area contributed by atoms with Crippen LogP contribution in [0.25, 0.3) is 0 Å². The van der Waals surface area contributed by atoms with Gasteiger partial charge in [0.15, 0.2) is 5.75 Å². The van der Waals surface area contributed by atoms with E-state index < -0.39 is 5.97 Å². The van der Waals surface area contributed by atoms with Crippen molar-refractivity contribution in [1.29, 1.82) is 0 Å². The summed E-state index contributed by atoms with van der Waals surface area (Å²) in [5, 5.41) is 9.19. The van der Waals surface area contributed by atoms with E-state index >= 15 is 0 Å². The molecule has 1 heterocycles. The number of benzene rings is 1. The van der Waals surface area contributed by atoms with Gasteiger partial charge in [0.2, 0.25) is 5.91 Å². The summed E-state index contributed by atoms with van der Waals surface area (Å²) in [6, 6.07) is 4.58. The third kappa shape index (κ3) is 2.41. The fraction of sp³-hybridized carbons (Fsp3) is 0.429. The quantitative estimate of drug-likeness (QED) is 0.895. The number of rotatable bonds is 3. The summed E-state index contributed by atoms with van der Waals surface area (Å²) < 4.78 is 5.49. The highest BCUT2D eigenvalue weighted by molar-refractivity contribution is 5.94. The van der Waals surface area contributed by atoms with Crippen LogP contribution in [-0.4, -0.2) is 55.2 Å². The number of amides is 1. The number of hydrogen-bond acceptors (Lipinski definition) is 4. The van der Waals surface area contributed by atoms with E-state index in [-0.39, 0.29) is 17.5 Å². The monoisotopic (exact) mass is 278 g/mol. The second-order valence-electron chi connectivity index (χ2n) is 4.91. The van der Waals surface area contributed by atoms with Gasteiger partial charge in [-0.15, -0.1) is 0 Å². The summed E-state index contributed by atoms with van der Waals surface area (Å²) in [5.41, 5.74) is 0.774. The molecule has 6 nitrogen and oxygen atoms in total. The lowest BCUT2D eigenvalue weighted by Crippen LogP contribution is -2.48. The third-order valence-electron chi connectivity index (χ3n) is 3.38. The first-order chi connectivity index (χ1) is 9.43. The van der Waals surface area contributed by atoms with Gasteiger partial charge in [-0.2, -0.15) is 0 Å². The lowest BCUT2D eigenvalue weighted by atomic mass is 10.1. The summed E-state index contributed by atoms with van der Waals surface area (Å²) in [6.07, 6.45) is 0. The first-order valence-electron chi connectivity index (χ1n) is 6.40. The molecule has 1 unspecified atom stereocenters.